The molecule has 1 amide bonds. The summed E-state index contributed by atoms with van der Waals surface area (Å²) in [5, 5.41) is 6.19. The van der Waals surface area contributed by atoms with Crippen LogP contribution in [0.1, 0.15) is 26.2 Å². The van der Waals surface area contributed by atoms with Crippen molar-refractivity contribution in [1.29, 1.82) is 0 Å². The first-order valence-electron chi connectivity index (χ1n) is 6.91. The third-order valence-corrected chi connectivity index (χ3v) is 3.18. The summed E-state index contributed by atoms with van der Waals surface area (Å²) < 4.78 is 5.64. The van der Waals surface area contributed by atoms with Gasteiger partial charge in [-0.2, -0.15) is 0 Å². The van der Waals surface area contributed by atoms with Gasteiger partial charge in [-0.15, -0.1) is 24.8 Å². The fourth-order valence-corrected chi connectivity index (χ4v) is 2.13. The summed E-state index contributed by atoms with van der Waals surface area (Å²) in [7, 11) is 4.09. The lowest BCUT2D eigenvalue weighted by Gasteiger charge is -2.20. The highest BCUT2D eigenvalue weighted by atomic mass is 35.5. The molecule has 0 aliphatic carbocycles. The lowest BCUT2D eigenvalue weighted by atomic mass is 10.2. The number of amides is 1. The number of ether oxygens (including phenoxy) is 1. The summed E-state index contributed by atoms with van der Waals surface area (Å²) in [6.45, 7) is 5.22. The topological polar surface area (TPSA) is 53.6 Å². The van der Waals surface area contributed by atoms with Crippen LogP contribution in [0.2, 0.25) is 0 Å². The van der Waals surface area contributed by atoms with Crippen molar-refractivity contribution in [3.05, 3.63) is 0 Å². The van der Waals surface area contributed by atoms with Crippen LogP contribution < -0.4 is 10.6 Å². The first-order chi connectivity index (χ1) is 8.63. The average molecular weight is 330 g/mol. The van der Waals surface area contributed by atoms with Crippen molar-refractivity contribution in [3.8, 4) is 0 Å². The van der Waals surface area contributed by atoms with Crippen LogP contribution in [-0.2, 0) is 9.53 Å². The van der Waals surface area contributed by atoms with Gasteiger partial charge in [-0.3, -0.25) is 4.79 Å². The Morgan fingerprint density at radius 2 is 2.15 bits per heavy atom. The van der Waals surface area contributed by atoms with E-state index in [2.05, 4.69) is 15.5 Å². The molecule has 0 bridgehead atoms. The van der Waals surface area contributed by atoms with Crippen molar-refractivity contribution in [3.63, 3.8) is 0 Å². The molecule has 0 spiro atoms. The number of nitrogens with one attached hydrogen (secondary N) is 2. The predicted octanol–water partition coefficient (Wildman–Crippen LogP) is 1.05. The van der Waals surface area contributed by atoms with Crippen LogP contribution in [0.15, 0.2) is 0 Å². The Morgan fingerprint density at radius 3 is 2.65 bits per heavy atom. The summed E-state index contributed by atoms with van der Waals surface area (Å²) in [4.78, 5) is 14.0. The smallest absolute Gasteiger partial charge is 0.237 e. The molecule has 5 nitrogen and oxygen atoms in total. The number of carbonyl (C=O) groups excluding carboxylic acids is 1. The maximum absolute atomic E-state index is 11.9. The standard InChI is InChI=1S/C13H27N3O2.2ClH/c1-4-18-11(7-9-16(2)3)10-15-13(17)12-6-5-8-14-12;;/h11-12,14H,4-10H2,1-3H3,(H,15,17);2*1H/t11?,12-;;/m0../s1. The lowest BCUT2D eigenvalue weighted by Crippen LogP contribution is -2.44. The SMILES string of the molecule is CCOC(CCN(C)C)CNC(=O)[C@@H]1CCCN1.Cl.Cl. The molecule has 0 aromatic carbocycles. The summed E-state index contributed by atoms with van der Waals surface area (Å²) in [6.07, 6.45) is 3.10. The molecule has 1 aliphatic rings. The second-order valence-corrected chi connectivity index (χ2v) is 5.06. The minimum Gasteiger partial charge on any atom is -0.377 e. The first-order valence-corrected chi connectivity index (χ1v) is 6.91. The van der Waals surface area contributed by atoms with E-state index >= 15 is 0 Å². The van der Waals surface area contributed by atoms with E-state index in [1.54, 1.807) is 0 Å². The summed E-state index contributed by atoms with van der Waals surface area (Å²) in [6, 6.07) is 0.00104. The molecule has 122 valence electrons. The largest absolute Gasteiger partial charge is 0.377 e. The maximum atomic E-state index is 11.9. The summed E-state index contributed by atoms with van der Waals surface area (Å²) in [5.74, 6) is 0.113. The Hall–Kier alpha value is -0.0700. The van der Waals surface area contributed by atoms with Crippen molar-refractivity contribution >= 4 is 30.7 Å². The van der Waals surface area contributed by atoms with Crippen LogP contribution in [0, 0.1) is 0 Å². The average Bonchev–Trinajstić information content (AvgIpc) is 2.86. The number of hydrogen-bond acceptors (Lipinski definition) is 4. The summed E-state index contributed by atoms with van der Waals surface area (Å²) >= 11 is 0. The number of nitrogens with zero attached hydrogens (tertiary/aromatic N) is 1. The van der Waals surface area contributed by atoms with E-state index in [1.807, 2.05) is 21.0 Å². The molecule has 0 aromatic rings. The molecular formula is C13H29Cl2N3O2. The normalized spacial score (nSPS) is 19.1. The van der Waals surface area contributed by atoms with Gasteiger partial charge in [0.25, 0.3) is 0 Å². The monoisotopic (exact) mass is 329 g/mol. The van der Waals surface area contributed by atoms with E-state index in [0.717, 1.165) is 32.4 Å². The van der Waals surface area contributed by atoms with Crippen molar-refractivity contribution in [2.75, 3.05) is 40.3 Å². The molecule has 2 atom stereocenters. The molecule has 0 radical (unpaired) electrons. The zero-order chi connectivity index (χ0) is 13.4. The van der Waals surface area contributed by atoms with Crippen LogP contribution in [0.3, 0.4) is 0 Å². The van der Waals surface area contributed by atoms with Crippen molar-refractivity contribution < 1.29 is 9.53 Å². The zero-order valence-electron chi connectivity index (χ0n) is 12.7. The summed E-state index contributed by atoms with van der Waals surface area (Å²) in [5.41, 5.74) is 0. The lowest BCUT2D eigenvalue weighted by molar-refractivity contribution is -0.123. The molecule has 20 heavy (non-hydrogen) atoms. The quantitative estimate of drug-likeness (QED) is 0.699. The highest BCUT2D eigenvalue weighted by Crippen LogP contribution is 2.05. The molecule has 1 heterocycles. The molecular weight excluding hydrogens is 301 g/mol. The van der Waals surface area contributed by atoms with E-state index in [0.29, 0.717) is 13.2 Å². The van der Waals surface area contributed by atoms with Crippen LogP contribution in [-0.4, -0.2) is 63.3 Å². The third-order valence-electron chi connectivity index (χ3n) is 3.18. The van der Waals surface area contributed by atoms with E-state index in [-0.39, 0.29) is 42.9 Å². The van der Waals surface area contributed by atoms with Gasteiger partial charge in [0.2, 0.25) is 5.91 Å². The molecule has 2 N–H and O–H groups in total. The predicted molar refractivity (Wildman–Crippen MR) is 87.1 cm³/mol. The van der Waals surface area contributed by atoms with Gasteiger partial charge in [0.05, 0.1) is 12.1 Å². The van der Waals surface area contributed by atoms with E-state index < -0.39 is 0 Å². The second-order valence-electron chi connectivity index (χ2n) is 5.06. The third kappa shape index (κ3) is 8.97. The Bertz CT molecular complexity index is 250. The van der Waals surface area contributed by atoms with Crippen molar-refractivity contribution in [2.45, 2.75) is 38.3 Å². The Kier molecular flexibility index (Phi) is 14.1. The highest BCUT2D eigenvalue weighted by molar-refractivity contribution is 5.85. The van der Waals surface area contributed by atoms with E-state index in [4.69, 9.17) is 4.74 Å². The van der Waals surface area contributed by atoms with E-state index in [1.165, 1.54) is 0 Å². The molecule has 1 saturated heterocycles. The van der Waals surface area contributed by atoms with Crippen LogP contribution in [0.5, 0.6) is 0 Å². The van der Waals surface area contributed by atoms with Gasteiger partial charge in [0.1, 0.15) is 0 Å². The molecule has 1 aliphatic heterocycles. The van der Waals surface area contributed by atoms with Gasteiger partial charge in [-0.05, 0) is 46.8 Å². The Balaban J connectivity index is 0. The molecule has 0 aromatic heterocycles. The van der Waals surface area contributed by atoms with E-state index in [9.17, 15) is 4.79 Å². The fraction of sp³-hybridized carbons (Fsp3) is 0.923. The minimum atomic E-state index is 0. The second kappa shape index (κ2) is 12.7. The molecule has 0 saturated carbocycles. The van der Waals surface area contributed by atoms with Gasteiger partial charge in [-0.25, -0.2) is 0 Å². The Morgan fingerprint density at radius 1 is 1.45 bits per heavy atom. The molecule has 1 rings (SSSR count). The van der Waals surface area contributed by atoms with Gasteiger partial charge in [0.15, 0.2) is 0 Å². The van der Waals surface area contributed by atoms with Crippen LogP contribution in [0.4, 0.5) is 0 Å². The molecule has 1 unspecified atom stereocenters. The van der Waals surface area contributed by atoms with Crippen molar-refractivity contribution in [2.24, 2.45) is 0 Å². The number of carbonyl (C=O) groups is 1. The molecule has 7 heteroatoms. The van der Waals surface area contributed by atoms with Crippen LogP contribution >= 0.6 is 24.8 Å². The number of rotatable bonds is 8. The fourth-order valence-electron chi connectivity index (χ4n) is 2.13. The van der Waals surface area contributed by atoms with Gasteiger partial charge in [0, 0.05) is 19.7 Å². The molecule has 1 fully saturated rings. The van der Waals surface area contributed by atoms with Crippen molar-refractivity contribution in [1.82, 2.24) is 15.5 Å². The number of hydrogen-bond donors (Lipinski definition) is 2. The Labute approximate surface area is 135 Å². The van der Waals surface area contributed by atoms with Gasteiger partial charge >= 0.3 is 0 Å². The van der Waals surface area contributed by atoms with Gasteiger partial charge < -0.3 is 20.3 Å². The number of halogens is 2. The first kappa shape index (κ1) is 22.2. The minimum absolute atomic E-state index is 0. The zero-order valence-corrected chi connectivity index (χ0v) is 14.3. The van der Waals surface area contributed by atoms with Gasteiger partial charge in [-0.1, -0.05) is 0 Å². The maximum Gasteiger partial charge on any atom is 0.237 e. The van der Waals surface area contributed by atoms with Crippen LogP contribution in [0.25, 0.3) is 0 Å². The highest BCUT2D eigenvalue weighted by Gasteiger charge is 2.22.